The molecule has 1 fully saturated rings. The first-order valence-electron chi connectivity index (χ1n) is 9.24. The molecule has 1 saturated heterocycles. The summed E-state index contributed by atoms with van der Waals surface area (Å²) in [5, 5.41) is 0. The topological polar surface area (TPSA) is 63.2 Å². The van der Waals surface area contributed by atoms with Crippen molar-refractivity contribution in [2.45, 2.75) is 12.3 Å². The Hall–Kier alpha value is -2.89. The highest BCUT2D eigenvalue weighted by atomic mass is 16.5. The summed E-state index contributed by atoms with van der Waals surface area (Å²) in [6, 6.07) is 9.90. The summed E-state index contributed by atoms with van der Waals surface area (Å²) in [5.41, 5.74) is 3.26. The largest absolute Gasteiger partial charge is 0.493 e. The summed E-state index contributed by atoms with van der Waals surface area (Å²) in [7, 11) is 6.48. The van der Waals surface area contributed by atoms with Crippen LogP contribution in [0, 0.1) is 11.8 Å². The van der Waals surface area contributed by atoms with Gasteiger partial charge in [0.05, 0.1) is 41.0 Å². The van der Waals surface area contributed by atoms with E-state index >= 15 is 0 Å². The van der Waals surface area contributed by atoms with Crippen molar-refractivity contribution < 1.29 is 28.5 Å². The van der Waals surface area contributed by atoms with Gasteiger partial charge in [0.25, 0.3) is 0 Å². The van der Waals surface area contributed by atoms with Crippen molar-refractivity contribution in [3.05, 3.63) is 47.0 Å². The first-order valence-corrected chi connectivity index (χ1v) is 9.24. The Bertz CT molecular complexity index is 906. The highest BCUT2D eigenvalue weighted by Crippen LogP contribution is 2.50. The van der Waals surface area contributed by atoms with Gasteiger partial charge >= 0.3 is 5.97 Å². The number of esters is 1. The van der Waals surface area contributed by atoms with E-state index < -0.39 is 0 Å². The van der Waals surface area contributed by atoms with E-state index in [1.54, 1.807) is 28.4 Å². The van der Waals surface area contributed by atoms with Crippen molar-refractivity contribution in [3.8, 4) is 23.0 Å². The number of cyclic esters (lactones) is 1. The molecule has 0 spiro atoms. The van der Waals surface area contributed by atoms with Crippen LogP contribution >= 0.6 is 0 Å². The molecule has 6 heteroatoms. The molecular weight excluding hydrogens is 360 g/mol. The molecule has 1 aliphatic carbocycles. The van der Waals surface area contributed by atoms with Gasteiger partial charge in [-0.1, -0.05) is 6.07 Å². The third-order valence-corrected chi connectivity index (χ3v) is 5.85. The first kappa shape index (κ1) is 18.5. The smallest absolute Gasteiger partial charge is 0.309 e. The standard InChI is InChI=1S/C22H24O6/c1-24-17-6-5-12(8-18(17)25-2)21-14-10-20(27-4)19(26-3)9-13(14)7-15-16(21)11-28-22(15)23/h5-6,8-10,15-16,21H,7,11H2,1-4H3/t15-,16-,21+/m0/s1. The van der Waals surface area contributed by atoms with Crippen molar-refractivity contribution in [2.75, 3.05) is 35.0 Å². The summed E-state index contributed by atoms with van der Waals surface area (Å²) < 4.78 is 27.3. The number of carbonyl (C=O) groups is 1. The lowest BCUT2D eigenvalue weighted by Gasteiger charge is -2.34. The van der Waals surface area contributed by atoms with Crippen LogP contribution in [0.2, 0.25) is 0 Å². The van der Waals surface area contributed by atoms with Crippen molar-refractivity contribution in [1.82, 2.24) is 0 Å². The minimum Gasteiger partial charge on any atom is -0.493 e. The molecule has 2 aromatic carbocycles. The number of methoxy groups -OCH3 is 4. The molecule has 0 aromatic heterocycles. The molecule has 0 unspecified atom stereocenters. The second-order valence-electron chi connectivity index (χ2n) is 7.10. The summed E-state index contributed by atoms with van der Waals surface area (Å²) in [6.07, 6.45) is 0.642. The Morgan fingerprint density at radius 3 is 2.18 bits per heavy atom. The van der Waals surface area contributed by atoms with E-state index in [0.717, 1.165) is 16.7 Å². The summed E-state index contributed by atoms with van der Waals surface area (Å²) >= 11 is 0. The van der Waals surface area contributed by atoms with Gasteiger partial charge in [-0.05, 0) is 47.4 Å². The Kier molecular flexibility index (Phi) is 4.79. The normalized spacial score (nSPS) is 22.7. The van der Waals surface area contributed by atoms with Crippen molar-refractivity contribution >= 4 is 5.97 Å². The lowest BCUT2D eigenvalue weighted by molar-refractivity contribution is -0.141. The Morgan fingerprint density at radius 2 is 1.50 bits per heavy atom. The molecule has 2 aliphatic rings. The second kappa shape index (κ2) is 7.26. The molecule has 3 atom stereocenters. The zero-order chi connectivity index (χ0) is 19.8. The number of ether oxygens (including phenoxy) is 5. The van der Waals surface area contributed by atoms with E-state index in [1.807, 2.05) is 30.3 Å². The van der Waals surface area contributed by atoms with Crippen LogP contribution in [0.3, 0.4) is 0 Å². The number of hydrogen-bond donors (Lipinski definition) is 0. The van der Waals surface area contributed by atoms with Crippen LogP contribution < -0.4 is 18.9 Å². The van der Waals surface area contributed by atoms with Crippen molar-refractivity contribution in [1.29, 1.82) is 0 Å². The molecule has 1 heterocycles. The van der Waals surface area contributed by atoms with Gasteiger partial charge in [-0.2, -0.15) is 0 Å². The average Bonchev–Trinajstić information content (AvgIpc) is 3.10. The van der Waals surface area contributed by atoms with Gasteiger partial charge in [-0.15, -0.1) is 0 Å². The highest BCUT2D eigenvalue weighted by Gasteiger charge is 2.47. The molecule has 0 amide bonds. The van der Waals surface area contributed by atoms with Crippen LogP contribution in [0.15, 0.2) is 30.3 Å². The Balaban J connectivity index is 1.89. The molecule has 2 aromatic rings. The molecule has 0 bridgehead atoms. The highest BCUT2D eigenvalue weighted by molar-refractivity contribution is 5.77. The number of hydrogen-bond acceptors (Lipinski definition) is 6. The van der Waals surface area contributed by atoms with Crippen molar-refractivity contribution in [3.63, 3.8) is 0 Å². The number of rotatable bonds is 5. The third kappa shape index (κ3) is 2.84. The Morgan fingerprint density at radius 1 is 0.857 bits per heavy atom. The van der Waals surface area contributed by atoms with E-state index in [-0.39, 0.29) is 23.7 Å². The number of fused-ring (bicyclic) bond motifs is 2. The fourth-order valence-corrected chi connectivity index (χ4v) is 4.48. The third-order valence-electron chi connectivity index (χ3n) is 5.85. The molecule has 0 N–H and O–H groups in total. The van der Waals surface area contributed by atoms with Crippen molar-refractivity contribution in [2.24, 2.45) is 11.8 Å². The van der Waals surface area contributed by atoms with Gasteiger partial charge < -0.3 is 23.7 Å². The second-order valence-corrected chi connectivity index (χ2v) is 7.10. The van der Waals surface area contributed by atoms with Crippen LogP contribution in [0.4, 0.5) is 0 Å². The molecule has 148 valence electrons. The molecule has 4 rings (SSSR count). The van der Waals surface area contributed by atoms with Crippen LogP contribution in [-0.4, -0.2) is 41.0 Å². The van der Waals surface area contributed by atoms with Gasteiger partial charge in [0.1, 0.15) is 0 Å². The maximum atomic E-state index is 12.4. The van der Waals surface area contributed by atoms with E-state index in [2.05, 4.69) is 0 Å². The monoisotopic (exact) mass is 384 g/mol. The quantitative estimate of drug-likeness (QED) is 0.738. The average molecular weight is 384 g/mol. The predicted molar refractivity (Wildman–Crippen MR) is 103 cm³/mol. The van der Waals surface area contributed by atoms with Gasteiger partial charge in [-0.3, -0.25) is 4.79 Å². The van der Waals surface area contributed by atoms with E-state index in [9.17, 15) is 4.79 Å². The maximum absolute atomic E-state index is 12.4. The molecular formula is C22H24O6. The SMILES string of the molecule is COc1ccc([C@@H]2c3cc(OC)c(OC)cc3C[C@@H]3C(=O)OC[C@H]23)cc1OC. The number of benzene rings is 2. The van der Waals surface area contributed by atoms with E-state index in [0.29, 0.717) is 36.0 Å². The van der Waals surface area contributed by atoms with Crippen LogP contribution in [0.1, 0.15) is 22.6 Å². The zero-order valence-corrected chi connectivity index (χ0v) is 16.5. The fraction of sp³-hybridized carbons (Fsp3) is 0.409. The molecule has 28 heavy (non-hydrogen) atoms. The van der Waals surface area contributed by atoms with Crippen LogP contribution in [0.25, 0.3) is 0 Å². The number of carbonyl (C=O) groups excluding carboxylic acids is 1. The van der Waals surface area contributed by atoms with Crippen LogP contribution in [-0.2, 0) is 16.0 Å². The fourth-order valence-electron chi connectivity index (χ4n) is 4.48. The molecule has 1 aliphatic heterocycles. The molecule has 6 nitrogen and oxygen atoms in total. The van der Waals surface area contributed by atoms with Gasteiger partial charge in [-0.25, -0.2) is 0 Å². The maximum Gasteiger partial charge on any atom is 0.309 e. The summed E-state index contributed by atoms with van der Waals surface area (Å²) in [4.78, 5) is 12.4. The molecule has 0 radical (unpaired) electrons. The minimum absolute atomic E-state index is 0.0141. The van der Waals surface area contributed by atoms with E-state index in [1.165, 1.54) is 0 Å². The van der Waals surface area contributed by atoms with Crippen LogP contribution in [0.5, 0.6) is 23.0 Å². The summed E-state index contributed by atoms with van der Waals surface area (Å²) in [5.74, 6) is 2.43. The lowest BCUT2D eigenvalue weighted by Crippen LogP contribution is -2.31. The van der Waals surface area contributed by atoms with Gasteiger partial charge in [0, 0.05) is 11.8 Å². The van der Waals surface area contributed by atoms with Gasteiger partial charge in [0.2, 0.25) is 0 Å². The minimum atomic E-state index is -0.163. The zero-order valence-electron chi connectivity index (χ0n) is 16.5. The predicted octanol–water partition coefficient (Wildman–Crippen LogP) is 3.20. The first-order chi connectivity index (χ1) is 13.6. The Labute approximate surface area is 164 Å². The summed E-state index contributed by atoms with van der Waals surface area (Å²) in [6.45, 7) is 0.413. The van der Waals surface area contributed by atoms with Gasteiger partial charge in [0.15, 0.2) is 23.0 Å². The van der Waals surface area contributed by atoms with E-state index in [4.69, 9.17) is 23.7 Å². The molecule has 0 saturated carbocycles. The lowest BCUT2D eigenvalue weighted by atomic mass is 9.67.